The molecule has 0 bridgehead atoms. The van der Waals surface area contributed by atoms with E-state index in [2.05, 4.69) is 6.92 Å². The monoisotopic (exact) mass is 345 g/mol. The van der Waals surface area contributed by atoms with E-state index >= 15 is 0 Å². The number of likely N-dealkylation sites (N-methyl/N-ethyl adjacent to an activating group) is 1. The number of phenolic OH excluding ortho intramolecular Hbond substituents is 1. The summed E-state index contributed by atoms with van der Waals surface area (Å²) in [5.74, 6) is -0.614. The number of nitrogens with zero attached hydrogens (tertiary/aromatic N) is 1. The number of hydrogen-bond donors (Lipinski definition) is 2. The molecule has 0 saturated heterocycles. The zero-order valence-corrected chi connectivity index (χ0v) is 17.6. The average molecular weight is 345 g/mol. The van der Waals surface area contributed by atoms with Crippen LogP contribution in [-0.2, 0) is 17.8 Å². The van der Waals surface area contributed by atoms with Gasteiger partial charge in [-0.25, -0.2) is 0 Å². The molecule has 1 rings (SSSR count). The van der Waals surface area contributed by atoms with Crippen molar-refractivity contribution >= 4 is 5.97 Å². The molecule has 0 aromatic heterocycles. The van der Waals surface area contributed by atoms with Crippen molar-refractivity contribution in [3.63, 3.8) is 0 Å². The van der Waals surface area contributed by atoms with Crippen molar-refractivity contribution < 1.29 is 46.0 Å². The second-order valence-electron chi connectivity index (χ2n) is 6.40. The first kappa shape index (κ1) is 23.4. The Bertz CT molecular complexity index is 486. The van der Waals surface area contributed by atoms with Gasteiger partial charge in [0.05, 0.1) is 6.54 Å². The number of rotatable bonds is 12. The number of aromatic hydroxyl groups is 1. The molecule has 0 atom stereocenters. The Morgan fingerprint density at radius 1 is 1.12 bits per heavy atom. The van der Waals surface area contributed by atoms with E-state index in [1.54, 1.807) is 18.0 Å². The van der Waals surface area contributed by atoms with E-state index in [9.17, 15) is 9.90 Å². The summed E-state index contributed by atoms with van der Waals surface area (Å²) in [6.45, 7) is 2.65. The molecule has 0 spiro atoms. The van der Waals surface area contributed by atoms with Crippen LogP contribution in [0.1, 0.15) is 64.4 Å². The van der Waals surface area contributed by atoms with Crippen LogP contribution < -0.4 is 29.6 Å². The van der Waals surface area contributed by atoms with Crippen LogP contribution in [0.5, 0.6) is 5.75 Å². The number of unbranched alkanes of at least 4 members (excludes halogenated alkanes) is 6. The van der Waals surface area contributed by atoms with Gasteiger partial charge in [0.1, 0.15) is 5.75 Å². The van der Waals surface area contributed by atoms with Crippen LogP contribution >= 0.6 is 0 Å². The largest absolute Gasteiger partial charge is 1.00 e. The summed E-state index contributed by atoms with van der Waals surface area (Å²) in [6.07, 6.45) is 10.0. The van der Waals surface area contributed by atoms with E-state index in [0.29, 0.717) is 6.54 Å². The molecular formula is C19H32NNaO3. The van der Waals surface area contributed by atoms with Gasteiger partial charge in [0.2, 0.25) is 0 Å². The Morgan fingerprint density at radius 2 is 1.75 bits per heavy atom. The summed E-state index contributed by atoms with van der Waals surface area (Å²) < 4.78 is 0. The Hall–Kier alpha value is -0.550. The molecule has 0 amide bonds. The van der Waals surface area contributed by atoms with Crippen molar-refractivity contribution in [2.75, 3.05) is 13.6 Å². The van der Waals surface area contributed by atoms with Crippen LogP contribution in [-0.4, -0.2) is 34.7 Å². The number of hydrogen-bond acceptors (Lipinski definition) is 3. The Kier molecular flexibility index (Phi) is 13.4. The molecule has 0 saturated carbocycles. The first-order chi connectivity index (χ1) is 11.0. The molecule has 0 aliphatic heterocycles. The summed E-state index contributed by atoms with van der Waals surface area (Å²) in [6, 6.07) is 5.69. The third-order valence-electron chi connectivity index (χ3n) is 4.06. The molecule has 2 N–H and O–H groups in total. The van der Waals surface area contributed by atoms with Crippen molar-refractivity contribution in [2.24, 2.45) is 0 Å². The Labute approximate surface area is 170 Å². The number of aliphatic carboxylic acids is 1. The minimum Gasteiger partial charge on any atom is -1.00 e. The molecule has 4 nitrogen and oxygen atoms in total. The molecule has 0 fully saturated rings. The van der Waals surface area contributed by atoms with Gasteiger partial charge in [-0.3, -0.25) is 9.69 Å². The maximum atomic E-state index is 10.7. The number of benzene rings is 1. The van der Waals surface area contributed by atoms with Crippen LogP contribution in [0.3, 0.4) is 0 Å². The number of phenols is 1. The van der Waals surface area contributed by atoms with Crippen molar-refractivity contribution in [3.8, 4) is 5.75 Å². The summed E-state index contributed by atoms with van der Waals surface area (Å²) in [7, 11) is 1.75. The zero-order chi connectivity index (χ0) is 17.1. The van der Waals surface area contributed by atoms with E-state index in [1.807, 2.05) is 12.1 Å². The van der Waals surface area contributed by atoms with E-state index in [-0.39, 0.29) is 43.3 Å². The molecular weight excluding hydrogens is 313 g/mol. The first-order valence-corrected chi connectivity index (χ1v) is 8.74. The van der Waals surface area contributed by atoms with Crippen LogP contribution in [0.4, 0.5) is 0 Å². The van der Waals surface area contributed by atoms with Crippen LogP contribution in [0, 0.1) is 0 Å². The van der Waals surface area contributed by atoms with Gasteiger partial charge in [0.25, 0.3) is 0 Å². The Balaban J connectivity index is 0. The van der Waals surface area contributed by atoms with Gasteiger partial charge in [-0.05, 0) is 31.5 Å². The fourth-order valence-electron chi connectivity index (χ4n) is 2.78. The molecule has 0 radical (unpaired) electrons. The van der Waals surface area contributed by atoms with Gasteiger partial charge >= 0.3 is 35.5 Å². The molecule has 132 valence electrons. The normalized spacial score (nSPS) is 10.6. The number of carboxylic acids is 1. The summed E-state index contributed by atoms with van der Waals surface area (Å²) in [4.78, 5) is 12.4. The van der Waals surface area contributed by atoms with Crippen molar-refractivity contribution in [2.45, 2.75) is 64.8 Å². The molecule has 5 heteroatoms. The standard InChI is InChI=1S/C19H31NO3.Na.H/c1-3-4-5-6-7-8-9-10-16-11-12-18(21)17(13-16)14-20(2)15-19(22)23;;/h11-13,21H,3-10,14-15H2,1-2H3,(H,22,23);;/q;+1;-1. The van der Waals surface area contributed by atoms with Crippen LogP contribution in [0.2, 0.25) is 0 Å². The number of aryl methyl sites for hydroxylation is 1. The van der Waals surface area contributed by atoms with Gasteiger partial charge in [-0.1, -0.05) is 57.6 Å². The molecule has 1 aromatic carbocycles. The molecule has 0 unspecified atom stereocenters. The van der Waals surface area contributed by atoms with Gasteiger partial charge in [0.15, 0.2) is 0 Å². The third-order valence-corrected chi connectivity index (χ3v) is 4.06. The molecule has 0 aliphatic carbocycles. The van der Waals surface area contributed by atoms with Gasteiger partial charge < -0.3 is 11.6 Å². The fraction of sp³-hybridized carbons (Fsp3) is 0.632. The minimum absolute atomic E-state index is 0. The van der Waals surface area contributed by atoms with E-state index in [0.717, 1.165) is 12.0 Å². The van der Waals surface area contributed by atoms with Gasteiger partial charge in [-0.2, -0.15) is 0 Å². The summed E-state index contributed by atoms with van der Waals surface area (Å²) in [5.41, 5.74) is 2.02. The maximum Gasteiger partial charge on any atom is 1.00 e. The van der Waals surface area contributed by atoms with Crippen LogP contribution in [0.15, 0.2) is 18.2 Å². The topological polar surface area (TPSA) is 60.8 Å². The van der Waals surface area contributed by atoms with Gasteiger partial charge in [0, 0.05) is 12.1 Å². The predicted molar refractivity (Wildman–Crippen MR) is 94.9 cm³/mol. The van der Waals surface area contributed by atoms with E-state index < -0.39 is 5.97 Å². The quantitative estimate of drug-likeness (QED) is 0.443. The number of carboxylic acid groups (broad SMARTS) is 1. The Morgan fingerprint density at radius 3 is 2.38 bits per heavy atom. The summed E-state index contributed by atoms with van der Waals surface area (Å²) >= 11 is 0. The molecule has 0 heterocycles. The van der Waals surface area contributed by atoms with Crippen LogP contribution in [0.25, 0.3) is 0 Å². The summed E-state index contributed by atoms with van der Waals surface area (Å²) in [5, 5.41) is 18.7. The molecule has 0 aliphatic rings. The van der Waals surface area contributed by atoms with Crippen molar-refractivity contribution in [1.29, 1.82) is 0 Å². The van der Waals surface area contributed by atoms with Gasteiger partial charge in [-0.15, -0.1) is 0 Å². The molecule has 24 heavy (non-hydrogen) atoms. The zero-order valence-electron chi connectivity index (χ0n) is 16.6. The SMILES string of the molecule is CCCCCCCCCc1ccc(O)c(CN(C)CC(=O)O)c1.[H-].[Na+]. The second-order valence-corrected chi connectivity index (χ2v) is 6.40. The van der Waals surface area contributed by atoms with Crippen molar-refractivity contribution in [3.05, 3.63) is 29.3 Å². The smallest absolute Gasteiger partial charge is 1.00 e. The maximum absolute atomic E-state index is 10.7. The molecule has 1 aromatic rings. The number of carbonyl (C=O) groups is 1. The van der Waals surface area contributed by atoms with E-state index in [1.165, 1.54) is 50.5 Å². The second kappa shape index (κ2) is 13.7. The third kappa shape index (κ3) is 10.3. The predicted octanol–water partition coefficient (Wildman–Crippen LogP) is 1.32. The fourth-order valence-corrected chi connectivity index (χ4v) is 2.78. The minimum atomic E-state index is -0.855. The average Bonchev–Trinajstić information content (AvgIpc) is 2.48. The first-order valence-electron chi connectivity index (χ1n) is 8.74. The van der Waals surface area contributed by atoms with E-state index in [4.69, 9.17) is 5.11 Å². The van der Waals surface area contributed by atoms with Crippen molar-refractivity contribution in [1.82, 2.24) is 4.90 Å².